The van der Waals surface area contributed by atoms with Gasteiger partial charge in [0.1, 0.15) is 17.6 Å². The Balaban J connectivity index is 1.50. The molecule has 1 aliphatic heterocycles. The zero-order chi connectivity index (χ0) is 17.9. The first-order valence-corrected chi connectivity index (χ1v) is 8.15. The minimum atomic E-state index is -0.391. The highest BCUT2D eigenvalue weighted by atomic mass is 16.5. The van der Waals surface area contributed by atoms with Crippen LogP contribution in [-0.4, -0.2) is 55.2 Å². The topological polar surface area (TPSA) is 112 Å². The van der Waals surface area contributed by atoms with E-state index in [0.717, 1.165) is 0 Å². The highest BCUT2D eigenvalue weighted by Crippen LogP contribution is 2.24. The molecule has 2 N–H and O–H groups in total. The Morgan fingerprint density at radius 2 is 2.08 bits per heavy atom. The Morgan fingerprint density at radius 3 is 2.81 bits per heavy atom. The smallest absolute Gasteiger partial charge is 0.255 e. The molecule has 9 heteroatoms. The molecule has 1 atom stereocenters. The predicted octanol–water partition coefficient (Wildman–Crippen LogP) is 0.853. The number of rotatable bonds is 3. The molecule has 0 spiro atoms. The van der Waals surface area contributed by atoms with Crippen molar-refractivity contribution in [2.24, 2.45) is 0 Å². The second-order valence-corrected chi connectivity index (χ2v) is 5.79. The molecule has 1 saturated heterocycles. The van der Waals surface area contributed by atoms with Crippen LogP contribution in [0.2, 0.25) is 0 Å². The molecule has 0 aliphatic carbocycles. The van der Waals surface area contributed by atoms with Crippen LogP contribution < -0.4 is 5.73 Å². The summed E-state index contributed by atoms with van der Waals surface area (Å²) >= 11 is 0. The summed E-state index contributed by atoms with van der Waals surface area (Å²) < 4.78 is 7.36. The van der Waals surface area contributed by atoms with E-state index in [9.17, 15) is 4.79 Å². The molecule has 4 heterocycles. The first-order chi connectivity index (χ1) is 12.7. The van der Waals surface area contributed by atoms with Crippen LogP contribution in [0.3, 0.4) is 0 Å². The maximum Gasteiger partial charge on any atom is 0.255 e. The van der Waals surface area contributed by atoms with Crippen molar-refractivity contribution < 1.29 is 9.53 Å². The summed E-state index contributed by atoms with van der Waals surface area (Å²) in [6.07, 6.45) is 7.72. The third-order valence-electron chi connectivity index (χ3n) is 4.15. The number of anilines is 1. The van der Waals surface area contributed by atoms with Crippen molar-refractivity contribution >= 4 is 11.7 Å². The number of nitrogens with two attached hydrogens (primary N) is 1. The number of ether oxygens (including phenoxy) is 1. The van der Waals surface area contributed by atoms with Crippen molar-refractivity contribution in [2.45, 2.75) is 6.10 Å². The minimum Gasteiger partial charge on any atom is -0.382 e. The zero-order valence-electron chi connectivity index (χ0n) is 13.9. The monoisotopic (exact) mass is 351 g/mol. The average molecular weight is 351 g/mol. The van der Waals surface area contributed by atoms with Crippen molar-refractivity contribution in [3.8, 4) is 5.82 Å². The first-order valence-electron chi connectivity index (χ1n) is 8.15. The molecule has 9 nitrogen and oxygen atoms in total. The Bertz CT molecular complexity index is 896. The molecule has 1 amide bonds. The van der Waals surface area contributed by atoms with Crippen LogP contribution in [0.15, 0.2) is 49.2 Å². The Labute approximate surface area is 149 Å². The molecule has 132 valence electrons. The van der Waals surface area contributed by atoms with E-state index in [4.69, 9.17) is 10.5 Å². The summed E-state index contributed by atoms with van der Waals surface area (Å²) in [5.41, 5.74) is 6.93. The third-order valence-corrected chi connectivity index (χ3v) is 4.15. The lowest BCUT2D eigenvalue weighted by molar-refractivity contribution is -0.0245. The van der Waals surface area contributed by atoms with Crippen LogP contribution in [0.4, 0.5) is 5.82 Å². The number of nitrogens with zero attached hydrogens (tertiary/aromatic N) is 6. The summed E-state index contributed by atoms with van der Waals surface area (Å²) in [4.78, 5) is 27.1. The summed E-state index contributed by atoms with van der Waals surface area (Å²) in [7, 11) is 0. The van der Waals surface area contributed by atoms with E-state index in [1.165, 1.54) is 6.20 Å². The lowest BCUT2D eigenvalue weighted by Gasteiger charge is -2.32. The van der Waals surface area contributed by atoms with Crippen LogP contribution in [0, 0.1) is 0 Å². The highest BCUT2D eigenvalue weighted by molar-refractivity contribution is 5.94. The van der Waals surface area contributed by atoms with E-state index < -0.39 is 6.10 Å². The van der Waals surface area contributed by atoms with Gasteiger partial charge in [0, 0.05) is 37.5 Å². The van der Waals surface area contributed by atoms with E-state index in [-0.39, 0.29) is 5.91 Å². The van der Waals surface area contributed by atoms with E-state index in [0.29, 0.717) is 42.6 Å². The van der Waals surface area contributed by atoms with E-state index >= 15 is 0 Å². The molecule has 1 fully saturated rings. The van der Waals surface area contributed by atoms with Gasteiger partial charge in [-0.3, -0.25) is 9.78 Å². The Hall–Kier alpha value is -3.33. The standard InChI is InChI=1S/C17H17N7O2/c18-16-15(19-5-6-20-16)13-11-23(8-9-26-13)17(25)12-2-3-14(21-10-12)24-7-1-4-22-24/h1-7,10,13H,8-9,11H2,(H2,18,20)/t13-/m0/s1. The van der Waals surface area contributed by atoms with Crippen molar-refractivity contribution in [3.05, 3.63) is 60.4 Å². The number of morpholine rings is 1. The summed E-state index contributed by atoms with van der Waals surface area (Å²) in [6.45, 7) is 1.27. The number of hydrogen-bond acceptors (Lipinski definition) is 7. The zero-order valence-corrected chi connectivity index (χ0v) is 13.9. The number of pyridine rings is 1. The van der Waals surface area contributed by atoms with Gasteiger partial charge in [0.2, 0.25) is 0 Å². The second kappa shape index (κ2) is 6.89. The average Bonchev–Trinajstić information content (AvgIpc) is 3.23. The van der Waals surface area contributed by atoms with Gasteiger partial charge >= 0.3 is 0 Å². The van der Waals surface area contributed by atoms with Gasteiger partial charge in [0.15, 0.2) is 5.82 Å². The molecule has 3 aromatic rings. The quantitative estimate of drug-likeness (QED) is 0.744. The molecule has 0 bridgehead atoms. The molecule has 26 heavy (non-hydrogen) atoms. The van der Waals surface area contributed by atoms with Gasteiger partial charge in [-0.15, -0.1) is 0 Å². The Morgan fingerprint density at radius 1 is 1.19 bits per heavy atom. The Kier molecular flexibility index (Phi) is 4.28. The fraction of sp³-hybridized carbons (Fsp3) is 0.235. The lowest BCUT2D eigenvalue weighted by Crippen LogP contribution is -2.42. The molecule has 1 aliphatic rings. The van der Waals surface area contributed by atoms with Crippen LogP contribution in [0.5, 0.6) is 0 Å². The maximum atomic E-state index is 12.8. The van der Waals surface area contributed by atoms with Crippen molar-refractivity contribution in [1.82, 2.24) is 29.6 Å². The van der Waals surface area contributed by atoms with Gasteiger partial charge in [0.05, 0.1) is 18.7 Å². The summed E-state index contributed by atoms with van der Waals surface area (Å²) in [6, 6.07) is 5.32. The second-order valence-electron chi connectivity index (χ2n) is 5.79. The fourth-order valence-electron chi connectivity index (χ4n) is 2.84. The molecule has 3 aromatic heterocycles. The molecule has 4 rings (SSSR count). The van der Waals surface area contributed by atoms with Crippen LogP contribution in [0.1, 0.15) is 22.2 Å². The van der Waals surface area contributed by atoms with Crippen molar-refractivity contribution in [1.29, 1.82) is 0 Å². The molecule has 0 unspecified atom stereocenters. The normalized spacial score (nSPS) is 17.2. The summed E-state index contributed by atoms with van der Waals surface area (Å²) in [5.74, 6) is 0.857. The number of aromatic nitrogens is 5. The molecule has 0 saturated carbocycles. The van der Waals surface area contributed by atoms with Crippen molar-refractivity contribution in [3.63, 3.8) is 0 Å². The number of amides is 1. The van der Waals surface area contributed by atoms with Crippen LogP contribution >= 0.6 is 0 Å². The molecule has 0 aromatic carbocycles. The van der Waals surface area contributed by atoms with Crippen LogP contribution in [0.25, 0.3) is 5.82 Å². The van der Waals surface area contributed by atoms with Gasteiger partial charge < -0.3 is 15.4 Å². The maximum absolute atomic E-state index is 12.8. The lowest BCUT2D eigenvalue weighted by atomic mass is 10.1. The molecular formula is C17H17N7O2. The molecule has 0 radical (unpaired) electrons. The van der Waals surface area contributed by atoms with E-state index in [1.807, 2.05) is 6.07 Å². The van der Waals surface area contributed by atoms with Crippen LogP contribution in [-0.2, 0) is 4.74 Å². The van der Waals surface area contributed by atoms with Gasteiger partial charge in [-0.05, 0) is 18.2 Å². The number of nitrogen functional groups attached to an aromatic ring is 1. The number of carbonyl (C=O) groups is 1. The van der Waals surface area contributed by atoms with E-state index in [1.54, 1.807) is 46.5 Å². The number of hydrogen-bond donors (Lipinski definition) is 1. The highest BCUT2D eigenvalue weighted by Gasteiger charge is 2.28. The predicted molar refractivity (Wildman–Crippen MR) is 92.4 cm³/mol. The SMILES string of the molecule is Nc1nccnc1[C@@H]1CN(C(=O)c2ccc(-n3cccn3)nc2)CCO1. The van der Waals surface area contributed by atoms with Gasteiger partial charge in [0.25, 0.3) is 5.91 Å². The molecular weight excluding hydrogens is 334 g/mol. The van der Waals surface area contributed by atoms with Gasteiger partial charge in [-0.2, -0.15) is 5.10 Å². The third kappa shape index (κ3) is 3.11. The fourth-order valence-corrected chi connectivity index (χ4v) is 2.84. The minimum absolute atomic E-state index is 0.111. The summed E-state index contributed by atoms with van der Waals surface area (Å²) in [5, 5.41) is 4.12. The van der Waals surface area contributed by atoms with Gasteiger partial charge in [-0.1, -0.05) is 0 Å². The number of carbonyl (C=O) groups excluding carboxylic acids is 1. The largest absolute Gasteiger partial charge is 0.382 e. The van der Waals surface area contributed by atoms with Crippen molar-refractivity contribution in [2.75, 3.05) is 25.4 Å². The first kappa shape index (κ1) is 16.2. The van der Waals surface area contributed by atoms with Gasteiger partial charge in [-0.25, -0.2) is 14.6 Å². The van der Waals surface area contributed by atoms with E-state index in [2.05, 4.69) is 20.1 Å².